The lowest BCUT2D eigenvalue weighted by molar-refractivity contribution is 0.0943. The van der Waals surface area contributed by atoms with Crippen LogP contribution in [0.3, 0.4) is 0 Å². The number of pyridine rings is 1. The normalized spacial score (nSPS) is 19.9. The van der Waals surface area contributed by atoms with Gasteiger partial charge in [0.05, 0.1) is 5.56 Å². The van der Waals surface area contributed by atoms with Crippen LogP contribution in [0.5, 0.6) is 0 Å². The highest BCUT2D eigenvalue weighted by Gasteiger charge is 2.53. The number of aromatic nitrogens is 1. The van der Waals surface area contributed by atoms with Crippen LogP contribution in [0.1, 0.15) is 36.0 Å². The van der Waals surface area contributed by atoms with Crippen molar-refractivity contribution in [3.8, 4) is 0 Å². The van der Waals surface area contributed by atoms with Crippen molar-refractivity contribution in [3.63, 3.8) is 0 Å². The standard InChI is InChI=1S/C14H18BrN3O/c1-16-12-11(6-10(15)7-17-12)13(19)18-8-14(4-5-14)9-2-3-9/h6-7,9H,2-5,8H2,1H3,(H,16,17)(H,18,19). The summed E-state index contributed by atoms with van der Waals surface area (Å²) in [4.78, 5) is 16.5. The highest BCUT2D eigenvalue weighted by atomic mass is 79.9. The number of carbonyl (C=O) groups is 1. The maximum absolute atomic E-state index is 12.3. The van der Waals surface area contributed by atoms with Crippen molar-refractivity contribution in [1.29, 1.82) is 0 Å². The number of rotatable bonds is 5. The van der Waals surface area contributed by atoms with E-state index in [0.717, 1.165) is 16.9 Å². The molecule has 19 heavy (non-hydrogen) atoms. The molecule has 5 heteroatoms. The van der Waals surface area contributed by atoms with Crippen molar-refractivity contribution in [2.24, 2.45) is 11.3 Å². The van der Waals surface area contributed by atoms with E-state index in [1.807, 2.05) is 6.07 Å². The molecule has 2 N–H and O–H groups in total. The van der Waals surface area contributed by atoms with Crippen LogP contribution in [0, 0.1) is 11.3 Å². The van der Waals surface area contributed by atoms with Crippen LogP contribution in [0.15, 0.2) is 16.7 Å². The highest BCUT2D eigenvalue weighted by molar-refractivity contribution is 9.10. The minimum absolute atomic E-state index is 0.0370. The van der Waals surface area contributed by atoms with Gasteiger partial charge in [-0.1, -0.05) is 0 Å². The zero-order valence-electron chi connectivity index (χ0n) is 11.0. The fourth-order valence-corrected chi connectivity index (χ4v) is 3.08. The second-order valence-electron chi connectivity index (χ2n) is 5.62. The lowest BCUT2D eigenvalue weighted by Crippen LogP contribution is -2.31. The summed E-state index contributed by atoms with van der Waals surface area (Å²) in [6, 6.07) is 1.81. The Morgan fingerprint density at radius 1 is 1.53 bits per heavy atom. The molecule has 1 aromatic rings. The van der Waals surface area contributed by atoms with Gasteiger partial charge in [0.25, 0.3) is 5.91 Å². The highest BCUT2D eigenvalue weighted by Crippen LogP contribution is 2.60. The Bertz CT molecular complexity index is 509. The molecule has 0 atom stereocenters. The summed E-state index contributed by atoms with van der Waals surface area (Å²) in [6.45, 7) is 0.812. The van der Waals surface area contributed by atoms with E-state index in [1.54, 1.807) is 13.2 Å². The molecule has 0 aliphatic heterocycles. The van der Waals surface area contributed by atoms with Crippen LogP contribution in [-0.2, 0) is 0 Å². The zero-order valence-corrected chi connectivity index (χ0v) is 12.6. The second-order valence-corrected chi connectivity index (χ2v) is 6.53. The molecule has 102 valence electrons. The van der Waals surface area contributed by atoms with Gasteiger partial charge in [-0.2, -0.15) is 0 Å². The summed E-state index contributed by atoms with van der Waals surface area (Å²) in [5.74, 6) is 1.44. The molecule has 2 saturated carbocycles. The van der Waals surface area contributed by atoms with E-state index < -0.39 is 0 Å². The fraction of sp³-hybridized carbons (Fsp3) is 0.571. The first kappa shape index (κ1) is 12.9. The number of hydrogen-bond donors (Lipinski definition) is 2. The zero-order chi connectivity index (χ0) is 13.5. The Morgan fingerprint density at radius 3 is 2.84 bits per heavy atom. The molecule has 3 rings (SSSR count). The monoisotopic (exact) mass is 323 g/mol. The van der Waals surface area contributed by atoms with Gasteiger partial charge in [0.2, 0.25) is 0 Å². The molecule has 2 fully saturated rings. The van der Waals surface area contributed by atoms with Gasteiger partial charge < -0.3 is 10.6 Å². The van der Waals surface area contributed by atoms with Gasteiger partial charge in [0.1, 0.15) is 5.82 Å². The number of nitrogens with one attached hydrogen (secondary N) is 2. The number of amides is 1. The molecule has 1 amide bonds. The van der Waals surface area contributed by atoms with Gasteiger partial charge >= 0.3 is 0 Å². The third-order valence-electron chi connectivity index (χ3n) is 4.27. The first-order chi connectivity index (χ1) is 9.14. The van der Waals surface area contributed by atoms with Gasteiger partial charge in [-0.15, -0.1) is 0 Å². The predicted molar refractivity (Wildman–Crippen MR) is 78.2 cm³/mol. The number of hydrogen-bond acceptors (Lipinski definition) is 3. The van der Waals surface area contributed by atoms with Crippen molar-refractivity contribution in [2.75, 3.05) is 18.9 Å². The Morgan fingerprint density at radius 2 is 2.26 bits per heavy atom. The van der Waals surface area contributed by atoms with E-state index in [4.69, 9.17) is 0 Å². The largest absolute Gasteiger partial charge is 0.372 e. The van der Waals surface area contributed by atoms with Crippen molar-refractivity contribution < 1.29 is 4.79 Å². The topological polar surface area (TPSA) is 54.0 Å². The third-order valence-corrected chi connectivity index (χ3v) is 4.71. The number of halogens is 1. The van der Waals surface area contributed by atoms with E-state index in [-0.39, 0.29) is 5.91 Å². The molecule has 2 aliphatic rings. The summed E-state index contributed by atoms with van der Waals surface area (Å²) < 4.78 is 0.819. The summed E-state index contributed by atoms with van der Waals surface area (Å²) in [5.41, 5.74) is 1.03. The number of anilines is 1. The van der Waals surface area contributed by atoms with Gasteiger partial charge in [-0.25, -0.2) is 4.98 Å². The van der Waals surface area contributed by atoms with E-state index in [1.165, 1.54) is 25.7 Å². The first-order valence-electron chi connectivity index (χ1n) is 6.76. The molecule has 0 saturated heterocycles. The van der Waals surface area contributed by atoms with Crippen LogP contribution in [0.2, 0.25) is 0 Å². The third kappa shape index (κ3) is 2.61. The number of nitrogens with zero attached hydrogens (tertiary/aromatic N) is 1. The Balaban J connectivity index is 1.68. The minimum atomic E-state index is -0.0370. The molecule has 1 aromatic heterocycles. The van der Waals surface area contributed by atoms with Crippen LogP contribution in [-0.4, -0.2) is 24.5 Å². The lowest BCUT2D eigenvalue weighted by Gasteiger charge is -2.16. The average molecular weight is 324 g/mol. The second kappa shape index (κ2) is 4.78. The maximum atomic E-state index is 12.3. The fourth-order valence-electron chi connectivity index (χ4n) is 2.75. The molecule has 0 aromatic carbocycles. The van der Waals surface area contributed by atoms with Gasteiger partial charge in [0.15, 0.2) is 0 Å². The summed E-state index contributed by atoms with van der Waals surface area (Å²) in [5, 5.41) is 6.04. The molecular formula is C14H18BrN3O. The molecular weight excluding hydrogens is 306 g/mol. The van der Waals surface area contributed by atoms with E-state index >= 15 is 0 Å². The van der Waals surface area contributed by atoms with Gasteiger partial charge in [-0.05, 0) is 59.0 Å². The first-order valence-corrected chi connectivity index (χ1v) is 7.55. The van der Waals surface area contributed by atoms with Crippen LogP contribution in [0.25, 0.3) is 0 Å². The molecule has 2 aliphatic carbocycles. The van der Waals surface area contributed by atoms with E-state index in [2.05, 4.69) is 31.5 Å². The average Bonchev–Trinajstić information content (AvgIpc) is 3.28. The maximum Gasteiger partial charge on any atom is 0.255 e. The molecule has 0 spiro atoms. The Kier molecular flexibility index (Phi) is 3.25. The smallest absolute Gasteiger partial charge is 0.255 e. The Hall–Kier alpha value is -1.10. The Labute approximate surface area is 121 Å². The van der Waals surface area contributed by atoms with Gasteiger partial charge in [0, 0.05) is 24.3 Å². The van der Waals surface area contributed by atoms with Gasteiger partial charge in [-0.3, -0.25) is 4.79 Å². The van der Waals surface area contributed by atoms with Crippen LogP contribution < -0.4 is 10.6 Å². The molecule has 0 bridgehead atoms. The van der Waals surface area contributed by atoms with Crippen LogP contribution in [0.4, 0.5) is 5.82 Å². The summed E-state index contributed by atoms with van der Waals surface area (Å²) >= 11 is 3.36. The van der Waals surface area contributed by atoms with Crippen molar-refractivity contribution >= 4 is 27.7 Å². The van der Waals surface area contributed by atoms with E-state index in [0.29, 0.717) is 16.8 Å². The van der Waals surface area contributed by atoms with Crippen molar-refractivity contribution in [3.05, 3.63) is 22.3 Å². The lowest BCUT2D eigenvalue weighted by atomic mass is 10.0. The number of carbonyl (C=O) groups excluding carboxylic acids is 1. The molecule has 0 unspecified atom stereocenters. The predicted octanol–water partition coefficient (Wildman–Crippen LogP) is 2.81. The molecule has 4 nitrogen and oxygen atoms in total. The summed E-state index contributed by atoms with van der Waals surface area (Å²) in [6.07, 6.45) is 6.92. The van der Waals surface area contributed by atoms with Crippen LogP contribution >= 0.6 is 15.9 Å². The summed E-state index contributed by atoms with van der Waals surface area (Å²) in [7, 11) is 1.78. The minimum Gasteiger partial charge on any atom is -0.372 e. The SMILES string of the molecule is CNc1ncc(Br)cc1C(=O)NCC1(C2CC2)CC1. The quantitative estimate of drug-likeness (QED) is 0.876. The van der Waals surface area contributed by atoms with E-state index in [9.17, 15) is 4.79 Å². The van der Waals surface area contributed by atoms with Crippen molar-refractivity contribution in [2.45, 2.75) is 25.7 Å². The molecule has 1 heterocycles. The molecule has 0 radical (unpaired) electrons. The van der Waals surface area contributed by atoms with Crippen molar-refractivity contribution in [1.82, 2.24) is 10.3 Å².